The second-order valence-electron chi connectivity index (χ2n) is 4.49. The first kappa shape index (κ1) is 16.8. The van der Waals surface area contributed by atoms with Gasteiger partial charge in [0.25, 0.3) is 0 Å². The number of nitrogens with one attached hydrogen (secondary N) is 2. The van der Waals surface area contributed by atoms with Crippen LogP contribution in [0.1, 0.15) is 12.8 Å². The van der Waals surface area contributed by atoms with E-state index in [0.29, 0.717) is 0 Å². The number of carbonyl (C=O) groups excluding carboxylic acids is 2. The molecule has 1 saturated heterocycles. The van der Waals surface area contributed by atoms with Crippen molar-refractivity contribution in [2.24, 2.45) is 0 Å². The number of amides is 2. The van der Waals surface area contributed by atoms with E-state index in [2.05, 4.69) is 10.6 Å². The number of aliphatic hydroxyl groups is 4. The zero-order chi connectivity index (χ0) is 15.3. The maximum Gasteiger partial charge on any atom is 0.222 e. The van der Waals surface area contributed by atoms with Gasteiger partial charge in [-0.15, -0.1) is 0 Å². The summed E-state index contributed by atoms with van der Waals surface area (Å²) in [5.74, 6) is -0.869. The molecule has 2 amide bonds. The molecule has 1 rings (SSSR count). The van der Waals surface area contributed by atoms with E-state index in [4.69, 9.17) is 9.84 Å². The molecule has 5 atom stereocenters. The zero-order valence-corrected chi connectivity index (χ0v) is 11.0. The Kier molecular flexibility index (Phi) is 6.30. The van der Waals surface area contributed by atoms with Crippen LogP contribution in [-0.4, -0.2) is 76.5 Å². The number of carbonyl (C=O) groups is 2. The van der Waals surface area contributed by atoms with Gasteiger partial charge < -0.3 is 35.8 Å². The molecular formula is C11H20N2O7. The van der Waals surface area contributed by atoms with Gasteiger partial charge in [-0.05, 0) is 0 Å². The average Bonchev–Trinajstić information content (AvgIpc) is 2.45. The number of aliphatic hydroxyl groups excluding tert-OH is 4. The molecule has 0 spiro atoms. The lowest BCUT2D eigenvalue weighted by Crippen LogP contribution is -2.63. The first-order chi connectivity index (χ1) is 9.40. The molecule has 3 unspecified atom stereocenters. The minimum atomic E-state index is -1.55. The predicted molar refractivity (Wildman–Crippen MR) is 65.2 cm³/mol. The lowest BCUT2D eigenvalue weighted by atomic mass is 9.98. The summed E-state index contributed by atoms with van der Waals surface area (Å²) in [7, 11) is 1.44. The highest BCUT2D eigenvalue weighted by Crippen LogP contribution is 2.19. The molecule has 116 valence electrons. The van der Waals surface area contributed by atoms with Crippen LogP contribution >= 0.6 is 0 Å². The molecule has 0 aromatic rings. The van der Waals surface area contributed by atoms with Gasteiger partial charge >= 0.3 is 0 Å². The van der Waals surface area contributed by atoms with Gasteiger partial charge in [0.05, 0.1) is 6.61 Å². The minimum absolute atomic E-state index is 0.0280. The van der Waals surface area contributed by atoms with Gasteiger partial charge in [0.2, 0.25) is 11.8 Å². The molecule has 0 radical (unpaired) electrons. The van der Waals surface area contributed by atoms with E-state index < -0.39 is 43.2 Å². The largest absolute Gasteiger partial charge is 0.394 e. The molecule has 0 aromatic heterocycles. The van der Waals surface area contributed by atoms with E-state index in [1.54, 1.807) is 0 Å². The molecule has 0 aromatic carbocycles. The quantitative estimate of drug-likeness (QED) is 0.307. The van der Waals surface area contributed by atoms with Gasteiger partial charge in [0.15, 0.2) is 6.23 Å². The highest BCUT2D eigenvalue weighted by molar-refractivity contribution is 5.83. The van der Waals surface area contributed by atoms with Crippen molar-refractivity contribution >= 4 is 11.8 Å². The molecule has 0 saturated carbocycles. The summed E-state index contributed by atoms with van der Waals surface area (Å²) in [6.07, 6.45) is -7.05. The van der Waals surface area contributed by atoms with Crippen molar-refractivity contribution in [1.82, 2.24) is 10.6 Å². The summed E-state index contributed by atoms with van der Waals surface area (Å²) < 4.78 is 5.09. The fourth-order valence-electron chi connectivity index (χ4n) is 1.80. The van der Waals surface area contributed by atoms with Crippen molar-refractivity contribution in [1.29, 1.82) is 0 Å². The van der Waals surface area contributed by atoms with Crippen LogP contribution in [0.15, 0.2) is 0 Å². The lowest BCUT2D eigenvalue weighted by Gasteiger charge is -2.40. The van der Waals surface area contributed by atoms with Crippen LogP contribution in [0.4, 0.5) is 0 Å². The number of ether oxygens (including phenoxy) is 1. The van der Waals surface area contributed by atoms with Crippen LogP contribution in [0, 0.1) is 0 Å². The topological polar surface area (TPSA) is 148 Å². The minimum Gasteiger partial charge on any atom is -0.394 e. The van der Waals surface area contributed by atoms with Crippen LogP contribution in [0.5, 0.6) is 0 Å². The smallest absolute Gasteiger partial charge is 0.222 e. The first-order valence-electron chi connectivity index (χ1n) is 6.21. The fraction of sp³-hybridized carbons (Fsp3) is 0.818. The zero-order valence-electron chi connectivity index (χ0n) is 11.0. The number of rotatable bonds is 5. The van der Waals surface area contributed by atoms with Gasteiger partial charge in [-0.2, -0.15) is 0 Å². The Balaban J connectivity index is 2.53. The van der Waals surface area contributed by atoms with E-state index >= 15 is 0 Å². The molecule has 1 aliphatic rings. The number of hydrogen-bond donors (Lipinski definition) is 6. The van der Waals surface area contributed by atoms with Gasteiger partial charge in [0, 0.05) is 19.9 Å². The molecule has 1 heterocycles. The molecular weight excluding hydrogens is 272 g/mol. The molecule has 1 aliphatic heterocycles. The Bertz CT molecular complexity index is 350. The summed E-state index contributed by atoms with van der Waals surface area (Å²) in [5.41, 5.74) is 0. The van der Waals surface area contributed by atoms with Crippen molar-refractivity contribution in [3.8, 4) is 0 Å². The average molecular weight is 292 g/mol. The van der Waals surface area contributed by atoms with E-state index in [9.17, 15) is 24.9 Å². The molecule has 6 N–H and O–H groups in total. The molecule has 0 aliphatic carbocycles. The maximum atomic E-state index is 11.6. The summed E-state index contributed by atoms with van der Waals surface area (Å²) >= 11 is 0. The van der Waals surface area contributed by atoms with Crippen LogP contribution in [-0.2, 0) is 14.3 Å². The van der Waals surface area contributed by atoms with Gasteiger partial charge in [-0.25, -0.2) is 0 Å². The first-order valence-corrected chi connectivity index (χ1v) is 6.21. The van der Waals surface area contributed by atoms with Crippen molar-refractivity contribution in [3.63, 3.8) is 0 Å². The Morgan fingerprint density at radius 2 is 1.65 bits per heavy atom. The third-order valence-corrected chi connectivity index (χ3v) is 3.05. The highest BCUT2D eigenvalue weighted by atomic mass is 16.6. The van der Waals surface area contributed by atoms with Crippen molar-refractivity contribution in [3.05, 3.63) is 0 Å². The monoisotopic (exact) mass is 292 g/mol. The Hall–Kier alpha value is -1.26. The third-order valence-electron chi connectivity index (χ3n) is 3.05. The summed E-state index contributed by atoms with van der Waals surface area (Å²) in [5, 5.41) is 42.4. The second-order valence-corrected chi connectivity index (χ2v) is 4.49. The molecule has 9 nitrogen and oxygen atoms in total. The maximum absolute atomic E-state index is 11.6. The standard InChI is InChI=1S/C11H20N2O7/c1-12-6(15)2-3-7(16)13-11-10(19)9(18)8(17)5(4-14)20-11/h5,8-11,14,17-19H,2-4H2,1H3,(H,12,15)(H,13,16)/t5?,8-,9?,10?,11-/m0/s1. The summed E-state index contributed by atoms with van der Waals surface area (Å²) in [6.45, 7) is -0.574. The van der Waals surface area contributed by atoms with Crippen molar-refractivity contribution in [2.75, 3.05) is 13.7 Å². The Labute approximate surface area is 115 Å². The molecule has 20 heavy (non-hydrogen) atoms. The van der Waals surface area contributed by atoms with Crippen molar-refractivity contribution < 1.29 is 34.8 Å². The highest BCUT2D eigenvalue weighted by Gasteiger charge is 2.43. The summed E-state index contributed by atoms with van der Waals surface area (Å²) in [4.78, 5) is 22.6. The van der Waals surface area contributed by atoms with E-state index in [-0.39, 0.29) is 18.7 Å². The van der Waals surface area contributed by atoms with Crippen LogP contribution in [0.25, 0.3) is 0 Å². The fourth-order valence-corrected chi connectivity index (χ4v) is 1.80. The van der Waals surface area contributed by atoms with Crippen molar-refractivity contribution in [2.45, 2.75) is 43.5 Å². The number of hydrogen-bond acceptors (Lipinski definition) is 7. The molecule has 1 fully saturated rings. The SMILES string of the molecule is CNC(=O)CCC(=O)N[C@H]1OC(CO)[C@H](O)C(O)C1O. The van der Waals surface area contributed by atoms with Gasteiger partial charge in [0.1, 0.15) is 24.4 Å². The Morgan fingerprint density at radius 1 is 1.05 bits per heavy atom. The van der Waals surface area contributed by atoms with E-state index in [0.717, 1.165) is 0 Å². The van der Waals surface area contributed by atoms with E-state index in [1.165, 1.54) is 7.05 Å². The van der Waals surface area contributed by atoms with Crippen LogP contribution < -0.4 is 10.6 Å². The van der Waals surface area contributed by atoms with Gasteiger partial charge in [-0.3, -0.25) is 9.59 Å². The molecule has 0 bridgehead atoms. The normalized spacial score (nSPS) is 33.5. The second kappa shape index (κ2) is 7.50. The summed E-state index contributed by atoms with van der Waals surface area (Å²) in [6, 6.07) is 0. The van der Waals surface area contributed by atoms with Gasteiger partial charge in [-0.1, -0.05) is 0 Å². The predicted octanol–water partition coefficient (Wildman–Crippen LogP) is -3.57. The lowest BCUT2D eigenvalue weighted by molar-refractivity contribution is -0.236. The third kappa shape index (κ3) is 4.12. The molecule has 9 heteroatoms. The van der Waals surface area contributed by atoms with E-state index in [1.807, 2.05) is 0 Å². The van der Waals surface area contributed by atoms with Crippen LogP contribution in [0.2, 0.25) is 0 Å². The van der Waals surface area contributed by atoms with Crippen LogP contribution in [0.3, 0.4) is 0 Å². The Morgan fingerprint density at radius 3 is 2.20 bits per heavy atom.